The normalized spacial score (nSPS) is 18.3. The fraction of sp³-hybridized carbons (Fsp3) is 0.333. The molecule has 1 aliphatic rings. The summed E-state index contributed by atoms with van der Waals surface area (Å²) in [4.78, 5) is 29.1. The maximum atomic E-state index is 13.5. The van der Waals surface area contributed by atoms with Gasteiger partial charge in [-0.25, -0.2) is 4.39 Å². The van der Waals surface area contributed by atoms with Crippen LogP contribution < -0.4 is 4.74 Å². The minimum atomic E-state index is -0.799. The highest BCUT2D eigenvalue weighted by atomic mass is 19.1. The number of aliphatic hydroxyl groups is 1. The highest BCUT2D eigenvalue weighted by molar-refractivity contribution is 6.46. The predicted molar refractivity (Wildman–Crippen MR) is 116 cm³/mol. The van der Waals surface area contributed by atoms with E-state index in [4.69, 9.17) is 4.74 Å². The number of ketones is 1. The molecule has 1 fully saturated rings. The predicted octanol–water partition coefficient (Wildman–Crippen LogP) is 3.60. The third kappa shape index (κ3) is 4.94. The van der Waals surface area contributed by atoms with Gasteiger partial charge in [-0.3, -0.25) is 9.59 Å². The van der Waals surface area contributed by atoms with Crippen LogP contribution in [-0.4, -0.2) is 59.9 Å². The summed E-state index contributed by atoms with van der Waals surface area (Å²) < 4.78 is 19.1. The molecule has 0 saturated carbocycles. The van der Waals surface area contributed by atoms with Crippen LogP contribution in [-0.2, 0) is 9.59 Å². The minimum Gasteiger partial charge on any atom is -0.507 e. The van der Waals surface area contributed by atoms with Gasteiger partial charge in [0.25, 0.3) is 11.7 Å². The minimum absolute atomic E-state index is 0.0000514. The molecule has 7 heteroatoms. The molecule has 0 aliphatic carbocycles. The fourth-order valence-electron chi connectivity index (χ4n) is 3.53. The van der Waals surface area contributed by atoms with Gasteiger partial charge >= 0.3 is 0 Å². The standard InChI is InChI=1S/C24H27FN2O4/c1-15(2)31-19-11-7-17(8-12-19)22(28)20-21(16-5-9-18(25)10-6-16)27(14-13-26(3)4)24(30)23(20)29/h5-12,15,21,28H,13-14H2,1-4H3/t21-/m1/s1. The third-order valence-corrected chi connectivity index (χ3v) is 5.01. The Bertz CT molecular complexity index is 982. The Hall–Kier alpha value is -3.19. The molecule has 3 rings (SSSR count). The summed E-state index contributed by atoms with van der Waals surface area (Å²) in [6.45, 7) is 4.64. The maximum Gasteiger partial charge on any atom is 0.295 e. The van der Waals surface area contributed by atoms with Crippen LogP contribution in [0.3, 0.4) is 0 Å². The average molecular weight is 426 g/mol. The van der Waals surface area contributed by atoms with Crippen LogP contribution in [0.2, 0.25) is 0 Å². The van der Waals surface area contributed by atoms with Crippen molar-refractivity contribution in [2.75, 3.05) is 27.2 Å². The molecule has 1 heterocycles. The maximum absolute atomic E-state index is 13.5. The average Bonchev–Trinajstić information content (AvgIpc) is 2.97. The third-order valence-electron chi connectivity index (χ3n) is 5.01. The monoisotopic (exact) mass is 426 g/mol. The summed E-state index contributed by atoms with van der Waals surface area (Å²) in [6, 6.07) is 11.5. The highest BCUT2D eigenvalue weighted by Gasteiger charge is 2.45. The van der Waals surface area contributed by atoms with Crippen LogP contribution >= 0.6 is 0 Å². The molecule has 0 spiro atoms. The lowest BCUT2D eigenvalue weighted by molar-refractivity contribution is -0.140. The largest absolute Gasteiger partial charge is 0.507 e. The Morgan fingerprint density at radius 2 is 1.71 bits per heavy atom. The smallest absolute Gasteiger partial charge is 0.295 e. The second-order valence-corrected chi connectivity index (χ2v) is 8.04. The molecule has 1 N–H and O–H groups in total. The number of ether oxygens (including phenoxy) is 1. The number of rotatable bonds is 7. The summed E-state index contributed by atoms with van der Waals surface area (Å²) >= 11 is 0. The quantitative estimate of drug-likeness (QED) is 0.416. The molecule has 0 radical (unpaired) electrons. The number of hydrogen-bond acceptors (Lipinski definition) is 5. The van der Waals surface area contributed by atoms with Crippen molar-refractivity contribution in [3.8, 4) is 5.75 Å². The Morgan fingerprint density at radius 1 is 1.10 bits per heavy atom. The lowest BCUT2D eigenvalue weighted by Crippen LogP contribution is -2.35. The number of benzene rings is 2. The zero-order valence-electron chi connectivity index (χ0n) is 18.1. The molecule has 0 bridgehead atoms. The molecule has 31 heavy (non-hydrogen) atoms. The summed E-state index contributed by atoms with van der Waals surface area (Å²) in [7, 11) is 3.73. The van der Waals surface area contributed by atoms with Crippen molar-refractivity contribution in [2.24, 2.45) is 0 Å². The molecule has 1 atom stereocenters. The van der Waals surface area contributed by atoms with E-state index in [0.29, 0.717) is 23.4 Å². The van der Waals surface area contributed by atoms with Gasteiger partial charge in [0, 0.05) is 18.7 Å². The molecule has 1 saturated heterocycles. The number of likely N-dealkylation sites (N-methyl/N-ethyl adjacent to an activating group) is 1. The van der Waals surface area contributed by atoms with Gasteiger partial charge in [-0.15, -0.1) is 0 Å². The van der Waals surface area contributed by atoms with E-state index in [-0.39, 0.29) is 24.0 Å². The number of aliphatic hydroxyl groups excluding tert-OH is 1. The fourth-order valence-corrected chi connectivity index (χ4v) is 3.53. The zero-order valence-corrected chi connectivity index (χ0v) is 18.1. The zero-order chi connectivity index (χ0) is 22.7. The van der Waals surface area contributed by atoms with Gasteiger partial charge in [-0.05, 0) is 69.9 Å². The van der Waals surface area contributed by atoms with E-state index in [9.17, 15) is 19.1 Å². The molecule has 1 amide bonds. The van der Waals surface area contributed by atoms with Gasteiger partial charge in [-0.2, -0.15) is 0 Å². The first-order chi connectivity index (χ1) is 14.7. The van der Waals surface area contributed by atoms with Crippen molar-refractivity contribution in [3.63, 3.8) is 0 Å². The first-order valence-corrected chi connectivity index (χ1v) is 10.1. The number of carbonyl (C=O) groups excluding carboxylic acids is 2. The van der Waals surface area contributed by atoms with Gasteiger partial charge in [0.1, 0.15) is 17.3 Å². The Kier molecular flexibility index (Phi) is 6.75. The topological polar surface area (TPSA) is 70.1 Å². The Balaban J connectivity index is 2.06. The van der Waals surface area contributed by atoms with E-state index in [1.165, 1.54) is 29.2 Å². The van der Waals surface area contributed by atoms with Crippen LogP contribution in [0.15, 0.2) is 54.1 Å². The van der Waals surface area contributed by atoms with E-state index in [1.54, 1.807) is 24.3 Å². The number of halogens is 1. The van der Waals surface area contributed by atoms with Crippen LogP contribution in [0.5, 0.6) is 5.75 Å². The molecule has 0 aromatic heterocycles. The van der Waals surface area contributed by atoms with Crippen LogP contribution in [0.25, 0.3) is 5.76 Å². The van der Waals surface area contributed by atoms with Crippen molar-refractivity contribution in [1.82, 2.24) is 9.80 Å². The van der Waals surface area contributed by atoms with E-state index >= 15 is 0 Å². The number of amides is 1. The van der Waals surface area contributed by atoms with E-state index in [1.807, 2.05) is 32.8 Å². The molecule has 0 unspecified atom stereocenters. The SMILES string of the molecule is CC(C)Oc1ccc(C(O)=C2C(=O)C(=O)N(CCN(C)C)[C@@H]2c2ccc(F)cc2)cc1. The highest BCUT2D eigenvalue weighted by Crippen LogP contribution is 2.39. The van der Waals surface area contributed by atoms with Crippen LogP contribution in [0.4, 0.5) is 4.39 Å². The van der Waals surface area contributed by atoms with Crippen molar-refractivity contribution in [3.05, 3.63) is 71.0 Å². The Morgan fingerprint density at radius 3 is 2.26 bits per heavy atom. The first kappa shape index (κ1) is 22.5. The van der Waals surface area contributed by atoms with Crippen LogP contribution in [0, 0.1) is 5.82 Å². The number of carbonyl (C=O) groups is 2. The van der Waals surface area contributed by atoms with Gasteiger partial charge in [0.15, 0.2) is 0 Å². The molecule has 1 aliphatic heterocycles. The molecular formula is C24H27FN2O4. The molecular weight excluding hydrogens is 399 g/mol. The molecule has 164 valence electrons. The molecule has 2 aromatic rings. The second-order valence-electron chi connectivity index (χ2n) is 8.04. The van der Waals surface area contributed by atoms with Crippen molar-refractivity contribution < 1.29 is 23.8 Å². The number of nitrogens with zero attached hydrogens (tertiary/aromatic N) is 2. The van der Waals surface area contributed by atoms with Crippen molar-refractivity contribution >= 4 is 17.4 Å². The summed E-state index contributed by atoms with van der Waals surface area (Å²) in [5.74, 6) is -1.50. The van der Waals surface area contributed by atoms with Crippen molar-refractivity contribution in [2.45, 2.75) is 26.0 Å². The number of hydrogen-bond donors (Lipinski definition) is 1. The van der Waals surface area contributed by atoms with Gasteiger partial charge < -0.3 is 19.6 Å². The first-order valence-electron chi connectivity index (χ1n) is 10.1. The summed E-state index contributed by atoms with van der Waals surface area (Å²) in [6.07, 6.45) is -0.0000514. The molecule has 2 aromatic carbocycles. The molecule has 6 nitrogen and oxygen atoms in total. The van der Waals surface area contributed by atoms with Gasteiger partial charge in [0.2, 0.25) is 0 Å². The lowest BCUT2D eigenvalue weighted by Gasteiger charge is -2.26. The summed E-state index contributed by atoms with van der Waals surface area (Å²) in [5, 5.41) is 11.0. The van der Waals surface area contributed by atoms with E-state index in [2.05, 4.69) is 0 Å². The summed E-state index contributed by atoms with van der Waals surface area (Å²) in [5.41, 5.74) is 0.947. The van der Waals surface area contributed by atoms with Crippen LogP contribution in [0.1, 0.15) is 31.0 Å². The van der Waals surface area contributed by atoms with E-state index < -0.39 is 23.5 Å². The number of Topliss-reactive ketones (excluding diaryl/α,β-unsaturated/α-hetero) is 1. The van der Waals surface area contributed by atoms with E-state index in [0.717, 1.165) is 0 Å². The number of likely N-dealkylation sites (tertiary alicyclic amines) is 1. The Labute approximate surface area is 181 Å². The van der Waals surface area contributed by atoms with Crippen molar-refractivity contribution in [1.29, 1.82) is 0 Å². The van der Waals surface area contributed by atoms with Gasteiger partial charge in [-0.1, -0.05) is 12.1 Å². The lowest BCUT2D eigenvalue weighted by atomic mass is 9.95. The second kappa shape index (κ2) is 9.31. The van der Waals surface area contributed by atoms with Gasteiger partial charge in [0.05, 0.1) is 17.7 Å².